The normalized spacial score (nSPS) is 17.5. The fourth-order valence-electron chi connectivity index (χ4n) is 2.42. The van der Waals surface area contributed by atoms with Gasteiger partial charge in [0.15, 0.2) is 0 Å². The first-order valence-corrected chi connectivity index (χ1v) is 7.07. The van der Waals surface area contributed by atoms with E-state index < -0.39 is 0 Å². The minimum atomic E-state index is 0.448. The van der Waals surface area contributed by atoms with Gasteiger partial charge in [0.2, 0.25) is 0 Å². The smallest absolute Gasteiger partial charge is 0.0948 e. The number of aromatic nitrogens is 2. The van der Waals surface area contributed by atoms with E-state index in [4.69, 9.17) is 4.74 Å². The van der Waals surface area contributed by atoms with E-state index in [1.165, 1.54) is 5.69 Å². The molecule has 1 aliphatic rings. The third-order valence-corrected chi connectivity index (χ3v) is 3.39. The Morgan fingerprint density at radius 1 is 1.44 bits per heavy atom. The summed E-state index contributed by atoms with van der Waals surface area (Å²) in [6.07, 6.45) is 7.72. The van der Waals surface area contributed by atoms with E-state index in [1.807, 2.05) is 12.5 Å². The highest BCUT2D eigenvalue weighted by Crippen LogP contribution is 2.10. The van der Waals surface area contributed by atoms with Crippen molar-refractivity contribution in [2.75, 3.05) is 19.7 Å². The van der Waals surface area contributed by atoms with Gasteiger partial charge in [0.1, 0.15) is 0 Å². The lowest BCUT2D eigenvalue weighted by molar-refractivity contribution is 0.0281. The SMILES string of the molecule is CC(C)Cc1cncn1CCOC1CCNCC1. The van der Waals surface area contributed by atoms with Crippen molar-refractivity contribution >= 4 is 0 Å². The first-order valence-electron chi connectivity index (χ1n) is 7.07. The van der Waals surface area contributed by atoms with Crippen molar-refractivity contribution in [3.63, 3.8) is 0 Å². The third kappa shape index (κ3) is 4.10. The maximum Gasteiger partial charge on any atom is 0.0948 e. The lowest BCUT2D eigenvalue weighted by Crippen LogP contribution is -2.33. The molecular weight excluding hydrogens is 226 g/mol. The zero-order valence-electron chi connectivity index (χ0n) is 11.6. The Balaban J connectivity index is 1.74. The Morgan fingerprint density at radius 2 is 2.22 bits per heavy atom. The molecule has 102 valence electrons. The molecule has 1 aromatic heterocycles. The van der Waals surface area contributed by atoms with E-state index in [0.717, 1.165) is 45.5 Å². The van der Waals surface area contributed by atoms with Gasteiger partial charge in [-0.25, -0.2) is 4.98 Å². The predicted molar refractivity (Wildman–Crippen MR) is 72.6 cm³/mol. The van der Waals surface area contributed by atoms with Gasteiger partial charge in [-0.15, -0.1) is 0 Å². The molecule has 4 nitrogen and oxygen atoms in total. The molecular formula is C14H25N3O. The zero-order valence-corrected chi connectivity index (χ0v) is 11.6. The number of nitrogens with one attached hydrogen (secondary N) is 1. The summed E-state index contributed by atoms with van der Waals surface area (Å²) in [5, 5.41) is 3.35. The summed E-state index contributed by atoms with van der Waals surface area (Å²) in [6, 6.07) is 0. The molecule has 0 atom stereocenters. The van der Waals surface area contributed by atoms with Crippen LogP contribution in [-0.4, -0.2) is 35.4 Å². The Morgan fingerprint density at radius 3 is 2.94 bits per heavy atom. The molecule has 2 rings (SSSR count). The molecule has 2 heterocycles. The molecule has 1 N–H and O–H groups in total. The quantitative estimate of drug-likeness (QED) is 0.838. The van der Waals surface area contributed by atoms with Gasteiger partial charge in [-0.05, 0) is 38.3 Å². The molecule has 0 spiro atoms. The molecule has 0 amide bonds. The Hall–Kier alpha value is -0.870. The third-order valence-electron chi connectivity index (χ3n) is 3.39. The van der Waals surface area contributed by atoms with Crippen LogP contribution in [0.1, 0.15) is 32.4 Å². The average Bonchev–Trinajstić information content (AvgIpc) is 2.77. The average molecular weight is 251 g/mol. The topological polar surface area (TPSA) is 39.1 Å². The van der Waals surface area contributed by atoms with E-state index >= 15 is 0 Å². The summed E-state index contributed by atoms with van der Waals surface area (Å²) in [5.41, 5.74) is 1.32. The van der Waals surface area contributed by atoms with Gasteiger partial charge < -0.3 is 14.6 Å². The monoisotopic (exact) mass is 251 g/mol. The van der Waals surface area contributed by atoms with E-state index in [1.54, 1.807) is 0 Å². The van der Waals surface area contributed by atoms with Crippen molar-refractivity contribution in [1.29, 1.82) is 0 Å². The van der Waals surface area contributed by atoms with Gasteiger partial charge in [-0.3, -0.25) is 0 Å². The van der Waals surface area contributed by atoms with E-state index in [-0.39, 0.29) is 0 Å². The first-order chi connectivity index (χ1) is 8.75. The number of piperidine rings is 1. The maximum atomic E-state index is 5.93. The van der Waals surface area contributed by atoms with Gasteiger partial charge in [0.05, 0.1) is 19.0 Å². The molecule has 0 aliphatic carbocycles. The summed E-state index contributed by atoms with van der Waals surface area (Å²) < 4.78 is 8.15. The lowest BCUT2D eigenvalue weighted by Gasteiger charge is -2.23. The van der Waals surface area contributed by atoms with Gasteiger partial charge in [0, 0.05) is 18.4 Å². The number of ether oxygens (including phenoxy) is 1. The van der Waals surface area contributed by atoms with Crippen molar-refractivity contribution in [3.8, 4) is 0 Å². The molecule has 0 aromatic carbocycles. The second-order valence-corrected chi connectivity index (χ2v) is 5.50. The summed E-state index contributed by atoms with van der Waals surface area (Å²) >= 11 is 0. The second kappa shape index (κ2) is 6.90. The Kier molecular flexibility index (Phi) is 5.20. The molecule has 1 saturated heterocycles. The number of rotatable bonds is 6. The van der Waals surface area contributed by atoms with Gasteiger partial charge in [0.25, 0.3) is 0 Å². The largest absolute Gasteiger partial charge is 0.376 e. The standard InChI is InChI=1S/C14H25N3O/c1-12(2)9-13-10-16-11-17(13)7-8-18-14-3-5-15-6-4-14/h10-12,14-15H,3-9H2,1-2H3. The van der Waals surface area contributed by atoms with Crippen LogP contribution in [0.2, 0.25) is 0 Å². The van der Waals surface area contributed by atoms with E-state index in [9.17, 15) is 0 Å². The highest BCUT2D eigenvalue weighted by molar-refractivity contribution is 4.99. The van der Waals surface area contributed by atoms with Crippen LogP contribution >= 0.6 is 0 Å². The molecule has 1 aliphatic heterocycles. The summed E-state index contributed by atoms with van der Waals surface area (Å²) in [4.78, 5) is 4.24. The molecule has 0 saturated carbocycles. The summed E-state index contributed by atoms with van der Waals surface area (Å²) in [6.45, 7) is 8.38. The van der Waals surface area contributed by atoms with Crippen LogP contribution in [0.5, 0.6) is 0 Å². The van der Waals surface area contributed by atoms with Crippen molar-refractivity contribution in [3.05, 3.63) is 18.2 Å². The molecule has 1 fully saturated rings. The lowest BCUT2D eigenvalue weighted by atomic mass is 10.1. The second-order valence-electron chi connectivity index (χ2n) is 5.50. The van der Waals surface area contributed by atoms with Crippen LogP contribution in [0.25, 0.3) is 0 Å². The van der Waals surface area contributed by atoms with Gasteiger partial charge >= 0.3 is 0 Å². The summed E-state index contributed by atoms with van der Waals surface area (Å²) in [7, 11) is 0. The highest BCUT2D eigenvalue weighted by atomic mass is 16.5. The minimum Gasteiger partial charge on any atom is -0.376 e. The molecule has 1 aromatic rings. The first kappa shape index (κ1) is 13.6. The van der Waals surface area contributed by atoms with E-state index in [0.29, 0.717) is 12.0 Å². The number of hydrogen-bond donors (Lipinski definition) is 1. The molecule has 4 heteroatoms. The highest BCUT2D eigenvalue weighted by Gasteiger charge is 2.13. The Bertz CT molecular complexity index is 343. The van der Waals surface area contributed by atoms with E-state index in [2.05, 4.69) is 28.7 Å². The fraction of sp³-hybridized carbons (Fsp3) is 0.786. The van der Waals surface area contributed by atoms with Crippen molar-refractivity contribution in [1.82, 2.24) is 14.9 Å². The van der Waals surface area contributed by atoms with Gasteiger partial charge in [-0.1, -0.05) is 13.8 Å². The minimum absolute atomic E-state index is 0.448. The van der Waals surface area contributed by atoms with Crippen molar-refractivity contribution in [2.45, 2.75) is 45.8 Å². The molecule has 0 radical (unpaired) electrons. The van der Waals surface area contributed by atoms with Crippen LogP contribution < -0.4 is 5.32 Å². The molecule has 0 unspecified atom stereocenters. The van der Waals surface area contributed by atoms with Crippen LogP contribution in [0.15, 0.2) is 12.5 Å². The van der Waals surface area contributed by atoms with Crippen LogP contribution in [0, 0.1) is 5.92 Å². The van der Waals surface area contributed by atoms with Crippen molar-refractivity contribution < 1.29 is 4.74 Å². The molecule has 0 bridgehead atoms. The van der Waals surface area contributed by atoms with Crippen LogP contribution in [-0.2, 0) is 17.7 Å². The predicted octanol–water partition coefficient (Wildman–Crippen LogP) is 1.85. The van der Waals surface area contributed by atoms with Gasteiger partial charge in [-0.2, -0.15) is 0 Å². The van der Waals surface area contributed by atoms with Crippen LogP contribution in [0.3, 0.4) is 0 Å². The number of nitrogens with zero attached hydrogens (tertiary/aromatic N) is 2. The number of imidazole rings is 1. The Labute approximate surface area is 110 Å². The van der Waals surface area contributed by atoms with Crippen molar-refractivity contribution in [2.24, 2.45) is 5.92 Å². The number of hydrogen-bond acceptors (Lipinski definition) is 3. The zero-order chi connectivity index (χ0) is 12.8. The molecule has 18 heavy (non-hydrogen) atoms. The maximum absolute atomic E-state index is 5.93. The summed E-state index contributed by atoms with van der Waals surface area (Å²) in [5.74, 6) is 0.672. The fourth-order valence-corrected chi connectivity index (χ4v) is 2.42. The van der Waals surface area contributed by atoms with Crippen LogP contribution in [0.4, 0.5) is 0 Å².